The highest BCUT2D eigenvalue weighted by molar-refractivity contribution is 5.22. The van der Waals surface area contributed by atoms with Crippen LogP contribution < -0.4 is 0 Å². The van der Waals surface area contributed by atoms with Crippen molar-refractivity contribution < 1.29 is 8.97 Å². The van der Waals surface area contributed by atoms with Gasteiger partial charge in [0.25, 0.3) is 0 Å². The van der Waals surface area contributed by atoms with E-state index in [1.807, 2.05) is 0 Å². The van der Waals surface area contributed by atoms with Crippen LogP contribution in [0.5, 0.6) is 0 Å². The van der Waals surface area contributed by atoms with Crippen LogP contribution in [0, 0.1) is 0 Å². The number of nitrogens with zero attached hydrogens (tertiary/aromatic N) is 2. The zero-order valence-electron chi connectivity index (χ0n) is 11.6. The van der Waals surface area contributed by atoms with Crippen molar-refractivity contribution in [1.82, 2.24) is 0 Å². The van der Waals surface area contributed by atoms with E-state index in [2.05, 4.69) is 66.6 Å². The second kappa shape index (κ2) is 4.56. The summed E-state index contributed by atoms with van der Waals surface area (Å²) in [4.78, 5) is 0. The lowest BCUT2D eigenvalue weighted by Gasteiger charge is -2.26. The molecule has 2 heteroatoms. The van der Waals surface area contributed by atoms with Crippen molar-refractivity contribution in [3.63, 3.8) is 0 Å². The molecule has 1 aromatic carbocycles. The lowest BCUT2D eigenvalue weighted by Crippen LogP contribution is -2.34. The molecule has 0 saturated heterocycles. The molecule has 0 aliphatic heterocycles. The van der Waals surface area contributed by atoms with Crippen molar-refractivity contribution in [2.24, 2.45) is 0 Å². The van der Waals surface area contributed by atoms with Gasteiger partial charge in [0.2, 0.25) is 0 Å². The maximum absolute atomic E-state index is 2.34. The second-order valence-corrected chi connectivity index (χ2v) is 6.72. The van der Waals surface area contributed by atoms with Crippen molar-refractivity contribution in [2.75, 3.05) is 42.3 Å². The van der Waals surface area contributed by atoms with E-state index >= 15 is 0 Å². The molecule has 0 bridgehead atoms. The van der Waals surface area contributed by atoms with E-state index < -0.39 is 0 Å². The average Bonchev–Trinajstić information content (AvgIpc) is 1.96. The minimum absolute atomic E-state index is 0.980. The third-order valence-corrected chi connectivity index (χ3v) is 2.31. The van der Waals surface area contributed by atoms with Gasteiger partial charge in [-0.2, -0.15) is 0 Å². The number of hydrogen-bond donors (Lipinski definition) is 0. The van der Waals surface area contributed by atoms with Crippen molar-refractivity contribution >= 4 is 0 Å². The van der Waals surface area contributed by atoms with Gasteiger partial charge in [-0.1, -0.05) is 18.2 Å². The predicted molar refractivity (Wildman–Crippen MR) is 69.9 cm³/mol. The summed E-state index contributed by atoms with van der Waals surface area (Å²) < 4.78 is 1.96. The van der Waals surface area contributed by atoms with Crippen LogP contribution in [0.25, 0.3) is 0 Å². The summed E-state index contributed by atoms with van der Waals surface area (Å²) >= 11 is 0. The van der Waals surface area contributed by atoms with E-state index in [4.69, 9.17) is 0 Å². The van der Waals surface area contributed by atoms with Gasteiger partial charge < -0.3 is 8.97 Å². The van der Waals surface area contributed by atoms with Gasteiger partial charge in [-0.15, -0.1) is 0 Å². The number of hydrogen-bond acceptors (Lipinski definition) is 0. The van der Waals surface area contributed by atoms with E-state index in [0.29, 0.717) is 0 Å². The monoisotopic (exact) mass is 222 g/mol. The molecule has 16 heavy (non-hydrogen) atoms. The third-order valence-electron chi connectivity index (χ3n) is 2.31. The van der Waals surface area contributed by atoms with Gasteiger partial charge in [-0.25, -0.2) is 0 Å². The van der Waals surface area contributed by atoms with Crippen molar-refractivity contribution in [1.29, 1.82) is 0 Å². The van der Waals surface area contributed by atoms with E-state index in [1.54, 1.807) is 0 Å². The van der Waals surface area contributed by atoms with Gasteiger partial charge in [0.1, 0.15) is 13.1 Å². The van der Waals surface area contributed by atoms with Crippen LogP contribution in [0.15, 0.2) is 24.3 Å². The molecule has 0 spiro atoms. The Bertz CT molecular complexity index is 311. The molecule has 1 aromatic rings. The quantitative estimate of drug-likeness (QED) is 0.684. The molecule has 0 aromatic heterocycles. The summed E-state index contributed by atoms with van der Waals surface area (Å²) in [7, 11) is 13.4. The number of benzene rings is 1. The predicted octanol–water partition coefficient (Wildman–Crippen LogP) is 2.10. The zero-order valence-corrected chi connectivity index (χ0v) is 11.6. The Kier molecular flexibility index (Phi) is 3.76. The maximum atomic E-state index is 2.34. The van der Waals surface area contributed by atoms with Crippen LogP contribution in [0.4, 0.5) is 0 Å². The summed E-state index contributed by atoms with van der Waals surface area (Å²) in [6, 6.07) is 8.97. The summed E-state index contributed by atoms with van der Waals surface area (Å²) in [5.74, 6) is 0. The minimum Gasteiger partial charge on any atom is -0.327 e. The first-order chi connectivity index (χ1) is 7.16. The Morgan fingerprint density at radius 1 is 0.750 bits per heavy atom. The Hall–Kier alpha value is -0.860. The Labute approximate surface area is 100 Å². The highest BCUT2D eigenvalue weighted by Crippen LogP contribution is 2.12. The molecule has 0 atom stereocenters. The summed E-state index contributed by atoms with van der Waals surface area (Å²) in [5.41, 5.74) is 2.86. The molecule has 1 rings (SSSR count). The maximum Gasteiger partial charge on any atom is 0.104 e. The largest absolute Gasteiger partial charge is 0.327 e. The average molecular weight is 222 g/mol. The van der Waals surface area contributed by atoms with Crippen molar-refractivity contribution in [2.45, 2.75) is 13.1 Å². The first-order valence-corrected chi connectivity index (χ1v) is 5.84. The topological polar surface area (TPSA) is 0 Å². The first kappa shape index (κ1) is 13.2. The molecule has 0 heterocycles. The lowest BCUT2D eigenvalue weighted by atomic mass is 10.1. The summed E-state index contributed by atoms with van der Waals surface area (Å²) in [5, 5.41) is 0. The molecule has 2 nitrogen and oxygen atoms in total. The van der Waals surface area contributed by atoms with E-state index in [0.717, 1.165) is 22.1 Å². The van der Waals surface area contributed by atoms with Gasteiger partial charge in [-0.05, 0) is 6.07 Å². The fraction of sp³-hybridized carbons (Fsp3) is 0.571. The minimum atomic E-state index is 0.980. The third kappa shape index (κ3) is 5.29. The fourth-order valence-corrected chi connectivity index (χ4v) is 1.92. The van der Waals surface area contributed by atoms with Crippen LogP contribution in [-0.4, -0.2) is 51.3 Å². The van der Waals surface area contributed by atoms with Crippen molar-refractivity contribution in [3.8, 4) is 0 Å². The van der Waals surface area contributed by atoms with Gasteiger partial charge in [0, 0.05) is 11.1 Å². The highest BCUT2D eigenvalue weighted by atomic mass is 15.3. The van der Waals surface area contributed by atoms with Crippen LogP contribution in [0.3, 0.4) is 0 Å². The molecule has 0 radical (unpaired) electrons. The lowest BCUT2D eigenvalue weighted by molar-refractivity contribution is -0.884. The highest BCUT2D eigenvalue weighted by Gasteiger charge is 2.12. The first-order valence-electron chi connectivity index (χ1n) is 5.84. The number of quaternary nitrogens is 2. The Morgan fingerprint density at radius 2 is 1.12 bits per heavy atom. The van der Waals surface area contributed by atoms with Crippen LogP contribution in [0.1, 0.15) is 11.1 Å². The van der Waals surface area contributed by atoms with Gasteiger partial charge >= 0.3 is 0 Å². The second-order valence-electron chi connectivity index (χ2n) is 6.72. The molecule has 0 amide bonds. The van der Waals surface area contributed by atoms with Crippen molar-refractivity contribution in [3.05, 3.63) is 35.4 Å². The Balaban J connectivity index is 2.79. The normalized spacial score (nSPS) is 12.9. The summed E-state index contributed by atoms with van der Waals surface area (Å²) in [6.45, 7) is 2.18. The van der Waals surface area contributed by atoms with E-state index in [-0.39, 0.29) is 0 Å². The number of rotatable bonds is 4. The van der Waals surface area contributed by atoms with Gasteiger partial charge in [-0.3, -0.25) is 0 Å². The molecular weight excluding hydrogens is 196 g/mol. The molecule has 0 fully saturated rings. The molecular formula is C14H26N2+2. The fourth-order valence-electron chi connectivity index (χ4n) is 1.92. The summed E-state index contributed by atoms with van der Waals surface area (Å²) in [6.07, 6.45) is 0. The molecule has 0 aliphatic rings. The molecule has 0 unspecified atom stereocenters. The smallest absolute Gasteiger partial charge is 0.104 e. The van der Waals surface area contributed by atoms with Crippen LogP contribution in [-0.2, 0) is 13.1 Å². The standard InChI is InChI=1S/C14H26N2/c1-15(2,3)11-13-8-7-9-14(10-13)12-16(4,5)6/h7-10H,11-12H2,1-6H3/q+2. The van der Waals surface area contributed by atoms with Gasteiger partial charge in [0.15, 0.2) is 0 Å². The van der Waals surface area contributed by atoms with Gasteiger partial charge in [0.05, 0.1) is 42.3 Å². The van der Waals surface area contributed by atoms with E-state index in [1.165, 1.54) is 11.1 Å². The van der Waals surface area contributed by atoms with Crippen LogP contribution in [0.2, 0.25) is 0 Å². The van der Waals surface area contributed by atoms with Crippen LogP contribution >= 0.6 is 0 Å². The van der Waals surface area contributed by atoms with E-state index in [9.17, 15) is 0 Å². The molecule has 0 aliphatic carbocycles. The Morgan fingerprint density at radius 3 is 1.44 bits per heavy atom. The molecule has 0 N–H and O–H groups in total. The molecule has 90 valence electrons. The SMILES string of the molecule is C[N+](C)(C)Cc1cccc(C[N+](C)(C)C)c1. The zero-order chi connectivity index (χ0) is 12.4. The molecule has 0 saturated carbocycles.